The Labute approximate surface area is 164 Å². The Morgan fingerprint density at radius 3 is 2.64 bits per heavy atom. The molecule has 2 aromatic rings. The van der Waals surface area contributed by atoms with Crippen LogP contribution in [0.4, 0.5) is 4.39 Å². The van der Waals surface area contributed by atoms with Gasteiger partial charge in [0, 0.05) is 32.1 Å². The van der Waals surface area contributed by atoms with Gasteiger partial charge in [-0.25, -0.2) is 17.1 Å². The van der Waals surface area contributed by atoms with E-state index in [1.54, 1.807) is 4.90 Å². The van der Waals surface area contributed by atoms with Gasteiger partial charge in [-0.05, 0) is 36.8 Å². The third kappa shape index (κ3) is 4.69. The van der Waals surface area contributed by atoms with Gasteiger partial charge in [0.2, 0.25) is 15.9 Å². The molecule has 0 spiro atoms. The van der Waals surface area contributed by atoms with Crippen LogP contribution in [0.15, 0.2) is 53.4 Å². The topological polar surface area (TPSA) is 66.9 Å². The number of rotatable bonds is 6. The summed E-state index contributed by atoms with van der Waals surface area (Å²) < 4.78 is 44.9. The van der Waals surface area contributed by atoms with Gasteiger partial charge in [-0.1, -0.05) is 18.2 Å². The van der Waals surface area contributed by atoms with Gasteiger partial charge in [-0.2, -0.15) is 0 Å². The van der Waals surface area contributed by atoms with Crippen molar-refractivity contribution in [3.8, 4) is 5.75 Å². The van der Waals surface area contributed by atoms with Crippen molar-refractivity contribution in [3.63, 3.8) is 0 Å². The van der Waals surface area contributed by atoms with E-state index in [4.69, 9.17) is 4.74 Å². The molecule has 1 aliphatic heterocycles. The fraction of sp³-hybridized carbons (Fsp3) is 0.350. The molecule has 6 nitrogen and oxygen atoms in total. The summed E-state index contributed by atoms with van der Waals surface area (Å²) in [4.78, 5) is 14.3. The van der Waals surface area contributed by atoms with E-state index >= 15 is 0 Å². The van der Waals surface area contributed by atoms with Crippen molar-refractivity contribution in [2.75, 3.05) is 26.7 Å². The number of halogens is 1. The number of nitrogens with zero attached hydrogens (tertiary/aromatic N) is 2. The first-order chi connectivity index (χ1) is 13.4. The molecule has 0 aromatic heterocycles. The molecule has 0 aliphatic carbocycles. The van der Waals surface area contributed by atoms with Gasteiger partial charge in [0.15, 0.2) is 0 Å². The van der Waals surface area contributed by atoms with Crippen molar-refractivity contribution in [2.45, 2.75) is 24.3 Å². The normalized spacial score (nSPS) is 14.3. The highest BCUT2D eigenvalue weighted by atomic mass is 32.2. The zero-order chi connectivity index (χ0) is 20.1. The lowest BCUT2D eigenvalue weighted by molar-refractivity contribution is -0.132. The van der Waals surface area contributed by atoms with E-state index < -0.39 is 15.8 Å². The second-order valence-electron chi connectivity index (χ2n) is 6.66. The highest BCUT2D eigenvalue weighted by molar-refractivity contribution is 7.89. The number of amides is 1. The molecule has 3 rings (SSSR count). The zero-order valence-corrected chi connectivity index (χ0v) is 16.5. The first-order valence-corrected chi connectivity index (χ1v) is 10.5. The van der Waals surface area contributed by atoms with E-state index in [0.717, 1.165) is 23.4 Å². The predicted molar refractivity (Wildman–Crippen MR) is 103 cm³/mol. The Bertz CT molecular complexity index is 931. The van der Waals surface area contributed by atoms with E-state index in [-0.39, 0.29) is 23.8 Å². The summed E-state index contributed by atoms with van der Waals surface area (Å²) in [5.41, 5.74) is 0.962. The molecule has 28 heavy (non-hydrogen) atoms. The van der Waals surface area contributed by atoms with Crippen molar-refractivity contribution >= 4 is 15.9 Å². The third-order valence-corrected chi connectivity index (χ3v) is 6.56. The lowest BCUT2D eigenvalue weighted by atomic mass is 10.2. The number of para-hydroxylation sites is 1. The van der Waals surface area contributed by atoms with Gasteiger partial charge >= 0.3 is 0 Å². The summed E-state index contributed by atoms with van der Waals surface area (Å²) in [5.74, 6) is 0.269. The number of sulfonamides is 1. The molecular formula is C20H23FN2O4S. The molecule has 0 atom stereocenters. The van der Waals surface area contributed by atoms with Crippen LogP contribution in [0.5, 0.6) is 5.75 Å². The van der Waals surface area contributed by atoms with Crippen molar-refractivity contribution in [1.29, 1.82) is 0 Å². The molecule has 0 unspecified atom stereocenters. The fourth-order valence-electron chi connectivity index (χ4n) is 3.06. The van der Waals surface area contributed by atoms with Crippen molar-refractivity contribution in [1.82, 2.24) is 9.21 Å². The summed E-state index contributed by atoms with van der Waals surface area (Å²) in [7, 11) is -2.25. The van der Waals surface area contributed by atoms with Crippen LogP contribution in [0.2, 0.25) is 0 Å². The molecule has 0 bridgehead atoms. The maximum Gasteiger partial charge on any atom is 0.242 e. The Balaban J connectivity index is 1.54. The molecule has 0 saturated heterocycles. The number of fused-ring (bicyclic) bond motifs is 1. The van der Waals surface area contributed by atoms with Crippen molar-refractivity contribution in [2.24, 2.45) is 0 Å². The Morgan fingerprint density at radius 2 is 1.89 bits per heavy atom. The quantitative estimate of drug-likeness (QED) is 0.740. The molecule has 0 fully saturated rings. The lowest BCUT2D eigenvalue weighted by Crippen LogP contribution is -2.33. The second-order valence-corrected chi connectivity index (χ2v) is 8.70. The van der Waals surface area contributed by atoms with E-state index in [2.05, 4.69) is 0 Å². The average molecular weight is 406 g/mol. The smallest absolute Gasteiger partial charge is 0.242 e. The van der Waals surface area contributed by atoms with E-state index in [1.807, 2.05) is 24.3 Å². The van der Waals surface area contributed by atoms with Crippen LogP contribution in [-0.4, -0.2) is 50.3 Å². The Kier molecular flexibility index (Phi) is 6.31. The van der Waals surface area contributed by atoms with Gasteiger partial charge in [0.1, 0.15) is 18.2 Å². The minimum absolute atomic E-state index is 0.0315. The van der Waals surface area contributed by atoms with Crippen LogP contribution < -0.4 is 4.74 Å². The maximum absolute atomic E-state index is 13.0. The summed E-state index contributed by atoms with van der Waals surface area (Å²) in [6.07, 6.45) is 0.639. The van der Waals surface area contributed by atoms with E-state index in [0.29, 0.717) is 26.1 Å². The highest BCUT2D eigenvalue weighted by Gasteiger charge is 2.22. The predicted octanol–water partition coefficient (Wildman–Crippen LogP) is 2.65. The molecule has 1 amide bonds. The second kappa shape index (κ2) is 8.70. The zero-order valence-electron chi connectivity index (χ0n) is 15.7. The number of hydrogen-bond acceptors (Lipinski definition) is 4. The molecular weight excluding hydrogens is 383 g/mol. The van der Waals surface area contributed by atoms with Crippen LogP contribution in [0.3, 0.4) is 0 Å². The maximum atomic E-state index is 13.0. The largest absolute Gasteiger partial charge is 0.491 e. The standard InChI is InChI=1S/C20H23FN2O4S/c1-22(28(25,26)18-10-8-17(21)9-11-18)12-4-7-20(24)23-13-14-27-19-6-3-2-5-16(19)15-23/h2-3,5-6,8-11H,4,7,12-15H2,1H3. The minimum Gasteiger partial charge on any atom is -0.491 e. The number of carbonyl (C=O) groups is 1. The summed E-state index contributed by atoms with van der Waals surface area (Å²) in [6, 6.07) is 12.3. The summed E-state index contributed by atoms with van der Waals surface area (Å²) in [6.45, 7) is 1.62. The molecule has 150 valence electrons. The van der Waals surface area contributed by atoms with Crippen LogP contribution in [0.25, 0.3) is 0 Å². The Hall–Kier alpha value is -2.45. The molecule has 8 heteroatoms. The molecule has 1 aliphatic rings. The Morgan fingerprint density at radius 1 is 1.18 bits per heavy atom. The van der Waals surface area contributed by atoms with Gasteiger partial charge in [0.05, 0.1) is 11.4 Å². The number of hydrogen-bond donors (Lipinski definition) is 0. The minimum atomic E-state index is -3.70. The van der Waals surface area contributed by atoms with Gasteiger partial charge in [-0.3, -0.25) is 4.79 Å². The van der Waals surface area contributed by atoms with Crippen molar-refractivity contribution < 1.29 is 22.3 Å². The lowest BCUT2D eigenvalue weighted by Gasteiger charge is -2.21. The van der Waals surface area contributed by atoms with Crippen LogP contribution in [-0.2, 0) is 21.4 Å². The summed E-state index contributed by atoms with van der Waals surface area (Å²) in [5, 5.41) is 0. The van der Waals surface area contributed by atoms with E-state index in [1.165, 1.54) is 23.5 Å². The monoisotopic (exact) mass is 406 g/mol. The number of benzene rings is 2. The summed E-state index contributed by atoms with van der Waals surface area (Å²) >= 11 is 0. The molecule has 0 radical (unpaired) electrons. The van der Waals surface area contributed by atoms with Crippen LogP contribution >= 0.6 is 0 Å². The first kappa shape index (κ1) is 20.3. The number of ether oxygens (including phenoxy) is 1. The molecule has 0 saturated carbocycles. The average Bonchev–Trinajstić information content (AvgIpc) is 2.90. The molecule has 2 aromatic carbocycles. The van der Waals surface area contributed by atoms with E-state index in [9.17, 15) is 17.6 Å². The third-order valence-electron chi connectivity index (χ3n) is 4.69. The van der Waals surface area contributed by atoms with Crippen LogP contribution in [0, 0.1) is 5.82 Å². The molecule has 0 N–H and O–H groups in total. The molecule has 1 heterocycles. The SMILES string of the molecule is CN(CCCC(=O)N1CCOc2ccccc2C1)S(=O)(=O)c1ccc(F)cc1. The highest BCUT2D eigenvalue weighted by Crippen LogP contribution is 2.23. The fourth-order valence-corrected chi connectivity index (χ4v) is 4.27. The first-order valence-electron chi connectivity index (χ1n) is 9.08. The van der Waals surface area contributed by atoms with Gasteiger partial charge in [-0.15, -0.1) is 0 Å². The van der Waals surface area contributed by atoms with Crippen LogP contribution in [0.1, 0.15) is 18.4 Å². The van der Waals surface area contributed by atoms with Gasteiger partial charge in [0.25, 0.3) is 0 Å². The van der Waals surface area contributed by atoms with Crippen molar-refractivity contribution in [3.05, 3.63) is 59.9 Å². The number of carbonyl (C=O) groups excluding carboxylic acids is 1. The van der Waals surface area contributed by atoms with Gasteiger partial charge < -0.3 is 9.64 Å².